The third-order valence-corrected chi connectivity index (χ3v) is 6.44. The first-order valence-corrected chi connectivity index (χ1v) is 13.0. The van der Waals surface area contributed by atoms with Gasteiger partial charge in [-0.2, -0.15) is 16.8 Å². The molecular formula is C18H42O5S2. The molecule has 0 rings (SSSR count). The highest BCUT2D eigenvalue weighted by molar-refractivity contribution is 7.99. The summed E-state index contributed by atoms with van der Waals surface area (Å²) in [5.41, 5.74) is 0. The normalized spacial score (nSPS) is 11.1. The van der Waals surface area contributed by atoms with Crippen molar-refractivity contribution in [1.29, 1.82) is 0 Å². The van der Waals surface area contributed by atoms with Gasteiger partial charge in [0.05, 0.1) is 11.5 Å². The van der Waals surface area contributed by atoms with Gasteiger partial charge in [-0.1, -0.05) is 92.9 Å². The fourth-order valence-electron chi connectivity index (χ4n) is 1.28. The largest absolute Gasteiger partial charge is 0.281 e. The van der Waals surface area contributed by atoms with E-state index in [9.17, 15) is 16.8 Å². The van der Waals surface area contributed by atoms with Crippen molar-refractivity contribution in [2.75, 3.05) is 11.5 Å². The summed E-state index contributed by atoms with van der Waals surface area (Å²) in [6.07, 6.45) is 9.39. The molecular weight excluding hydrogens is 360 g/mol. The molecule has 0 heterocycles. The molecule has 0 N–H and O–H groups in total. The van der Waals surface area contributed by atoms with Gasteiger partial charge in [0.2, 0.25) is 0 Å². The lowest BCUT2D eigenvalue weighted by Crippen LogP contribution is -2.19. The quantitative estimate of drug-likeness (QED) is 0.394. The van der Waals surface area contributed by atoms with Crippen LogP contribution in [0.15, 0.2) is 0 Å². The van der Waals surface area contributed by atoms with Crippen LogP contribution in [0.5, 0.6) is 0 Å². The first-order valence-electron chi connectivity index (χ1n) is 9.82. The molecule has 0 aliphatic rings. The second kappa shape index (κ2) is 20.2. The van der Waals surface area contributed by atoms with Gasteiger partial charge in [0.1, 0.15) is 0 Å². The van der Waals surface area contributed by atoms with Crippen molar-refractivity contribution < 1.29 is 20.5 Å². The molecule has 0 saturated heterocycles. The third kappa shape index (κ3) is 28.9. The van der Waals surface area contributed by atoms with Crippen molar-refractivity contribution in [3.05, 3.63) is 0 Å². The third-order valence-electron chi connectivity index (χ3n) is 3.20. The van der Waals surface area contributed by atoms with E-state index in [-0.39, 0.29) is 11.5 Å². The maximum Gasteiger partial charge on any atom is 0.281 e. The molecule has 0 fully saturated rings. The maximum atomic E-state index is 11.4. The second-order valence-corrected chi connectivity index (χ2v) is 9.60. The lowest BCUT2D eigenvalue weighted by atomic mass is 10.3. The van der Waals surface area contributed by atoms with Crippen LogP contribution in [0.25, 0.3) is 0 Å². The van der Waals surface area contributed by atoms with E-state index in [2.05, 4.69) is 31.3 Å². The summed E-state index contributed by atoms with van der Waals surface area (Å²) in [5.74, 6) is -0.457. The number of hydrogen-bond donors (Lipinski definition) is 0. The summed E-state index contributed by atoms with van der Waals surface area (Å²) in [6.45, 7) is 12.6. The van der Waals surface area contributed by atoms with Crippen molar-refractivity contribution in [1.82, 2.24) is 0 Å². The monoisotopic (exact) mass is 402 g/mol. The molecule has 0 aromatic heterocycles. The Hall–Kier alpha value is -0.140. The zero-order chi connectivity index (χ0) is 20.2. The molecule has 5 nitrogen and oxygen atoms in total. The van der Waals surface area contributed by atoms with E-state index in [1.54, 1.807) is 0 Å². The van der Waals surface area contributed by atoms with Gasteiger partial charge in [-0.25, -0.2) is 0 Å². The highest BCUT2D eigenvalue weighted by Gasteiger charge is 2.21. The van der Waals surface area contributed by atoms with E-state index in [4.69, 9.17) is 0 Å². The van der Waals surface area contributed by atoms with Gasteiger partial charge in [-0.3, -0.25) is 0 Å². The smallest absolute Gasteiger partial charge is 0.198 e. The average Bonchev–Trinajstić information content (AvgIpc) is 2.54. The molecule has 0 aromatic rings. The zero-order valence-corrected chi connectivity index (χ0v) is 19.0. The molecule has 0 aliphatic carbocycles. The van der Waals surface area contributed by atoms with Gasteiger partial charge < -0.3 is 0 Å². The minimum absolute atomic E-state index is 0.228. The molecule has 0 bridgehead atoms. The molecule has 156 valence electrons. The lowest BCUT2D eigenvalue weighted by molar-refractivity contribution is 0.458. The summed E-state index contributed by atoms with van der Waals surface area (Å²) >= 11 is 0. The molecule has 0 aromatic carbocycles. The van der Waals surface area contributed by atoms with Gasteiger partial charge in [0.15, 0.2) is 0 Å². The first-order chi connectivity index (χ1) is 11.7. The Morgan fingerprint density at radius 3 is 0.960 bits per heavy atom. The Labute approximate surface area is 158 Å². The molecule has 0 spiro atoms. The highest BCUT2D eigenvalue weighted by atomic mass is 32.3. The summed E-state index contributed by atoms with van der Waals surface area (Å²) in [7, 11) is -7.87. The zero-order valence-electron chi connectivity index (χ0n) is 17.3. The Balaban J connectivity index is -0.000000503. The van der Waals surface area contributed by atoms with E-state index < -0.39 is 20.2 Å². The molecule has 0 saturated carbocycles. The maximum absolute atomic E-state index is 11.4. The predicted molar refractivity (Wildman–Crippen MR) is 109 cm³/mol. The van der Waals surface area contributed by atoms with Gasteiger partial charge in [0, 0.05) is 0 Å². The van der Waals surface area contributed by atoms with Crippen molar-refractivity contribution in [3.8, 4) is 0 Å². The van der Waals surface area contributed by atoms with Gasteiger partial charge in [0.25, 0.3) is 20.2 Å². The summed E-state index contributed by atoms with van der Waals surface area (Å²) in [5, 5.41) is 0. The number of unbranched alkanes of at least 4 members (excludes halogenated alkanes) is 6. The second-order valence-electron chi connectivity index (χ2n) is 6.01. The lowest BCUT2D eigenvalue weighted by Gasteiger charge is -2.05. The molecule has 0 radical (unpaired) electrons. The van der Waals surface area contributed by atoms with Crippen LogP contribution < -0.4 is 0 Å². The van der Waals surface area contributed by atoms with E-state index in [0.29, 0.717) is 12.8 Å². The Morgan fingerprint density at radius 2 is 0.760 bits per heavy atom. The van der Waals surface area contributed by atoms with Crippen molar-refractivity contribution in [2.24, 2.45) is 0 Å². The fourth-order valence-corrected chi connectivity index (χ4v) is 4.21. The van der Waals surface area contributed by atoms with Crippen LogP contribution in [0.4, 0.5) is 0 Å². The van der Waals surface area contributed by atoms with Gasteiger partial charge in [-0.05, 0) is 12.8 Å². The van der Waals surface area contributed by atoms with Crippen molar-refractivity contribution in [3.63, 3.8) is 0 Å². The molecule has 0 atom stereocenters. The molecule has 25 heavy (non-hydrogen) atoms. The van der Waals surface area contributed by atoms with Gasteiger partial charge >= 0.3 is 0 Å². The predicted octanol–water partition coefficient (Wildman–Crippen LogP) is 5.66. The van der Waals surface area contributed by atoms with Crippen LogP contribution in [0.3, 0.4) is 0 Å². The van der Waals surface area contributed by atoms with Crippen LogP contribution >= 0.6 is 0 Å². The minimum Gasteiger partial charge on any atom is -0.198 e. The van der Waals surface area contributed by atoms with Crippen molar-refractivity contribution >= 4 is 20.2 Å². The first kappa shape index (κ1) is 29.6. The van der Waals surface area contributed by atoms with Crippen molar-refractivity contribution in [2.45, 2.75) is 106 Å². The molecule has 0 amide bonds. The summed E-state index contributed by atoms with van der Waals surface area (Å²) in [4.78, 5) is 0. The highest BCUT2D eigenvalue weighted by Crippen LogP contribution is 2.08. The summed E-state index contributed by atoms with van der Waals surface area (Å²) in [6, 6.07) is 0. The van der Waals surface area contributed by atoms with Crippen LogP contribution in [0.2, 0.25) is 0 Å². The van der Waals surface area contributed by atoms with E-state index in [0.717, 1.165) is 25.7 Å². The fraction of sp³-hybridized carbons (Fsp3) is 1.00. The molecule has 0 unspecified atom stereocenters. The minimum atomic E-state index is -3.94. The number of rotatable bonds is 12. The van der Waals surface area contributed by atoms with E-state index >= 15 is 0 Å². The van der Waals surface area contributed by atoms with Crippen LogP contribution in [0.1, 0.15) is 106 Å². The number of hydrogen-bond acceptors (Lipinski definition) is 5. The molecule has 7 heteroatoms. The SMILES string of the molecule is CCCC.CCCC.CCCCCS(=O)(=O)OS(=O)(=O)CCCCC. The summed E-state index contributed by atoms with van der Waals surface area (Å²) < 4.78 is 49.7. The average molecular weight is 403 g/mol. The van der Waals surface area contributed by atoms with Crippen LogP contribution in [-0.4, -0.2) is 28.3 Å². The van der Waals surface area contributed by atoms with E-state index in [1.165, 1.54) is 25.7 Å². The van der Waals surface area contributed by atoms with Gasteiger partial charge in [-0.15, -0.1) is 3.63 Å². The molecule has 0 aliphatic heterocycles. The topological polar surface area (TPSA) is 77.5 Å². The Kier molecular flexibility index (Phi) is 23.9. The van der Waals surface area contributed by atoms with E-state index in [1.807, 2.05) is 13.8 Å². The Morgan fingerprint density at radius 1 is 0.480 bits per heavy atom. The van der Waals surface area contributed by atoms with Crippen LogP contribution in [0, 0.1) is 0 Å². The van der Waals surface area contributed by atoms with Crippen LogP contribution in [-0.2, 0) is 23.9 Å². The standard InChI is InChI=1S/C10H22O5S2.2C4H10/c1-3-5-7-9-16(11,12)15-17(13,14)10-8-6-4-2;2*1-3-4-2/h3-10H2,1-2H3;2*3-4H2,1-2H3. The Bertz CT molecular complexity index is 396.